The van der Waals surface area contributed by atoms with Gasteiger partial charge >= 0.3 is 17.9 Å². The van der Waals surface area contributed by atoms with E-state index >= 15 is 0 Å². The number of carbonyl (C=O) groups is 3. The minimum Gasteiger partial charge on any atom is -0.466 e. The maximum atomic E-state index is 12.5. The maximum Gasteiger partial charge on any atom is 0.355 e. The van der Waals surface area contributed by atoms with Gasteiger partial charge in [0.15, 0.2) is 0 Å². The van der Waals surface area contributed by atoms with Crippen LogP contribution >= 0.6 is 0 Å². The van der Waals surface area contributed by atoms with E-state index in [1.54, 1.807) is 43.0 Å². The number of carbonyl (C=O) groups excluding carboxylic acids is 3. The summed E-state index contributed by atoms with van der Waals surface area (Å²) in [5.74, 6) is -1.73. The molecule has 0 aliphatic carbocycles. The summed E-state index contributed by atoms with van der Waals surface area (Å²) in [4.78, 5) is 38.6. The van der Waals surface area contributed by atoms with Crippen molar-refractivity contribution in [1.82, 2.24) is 0 Å². The van der Waals surface area contributed by atoms with Crippen LogP contribution in [0.5, 0.6) is 0 Å². The first-order valence-corrected chi connectivity index (χ1v) is 10.0. The standard InChI is InChI=1S/C24H25NO7/c1-15(2)32-22(26)18-9-5-7-16(11-18)17-8-6-10-19(12-17)25-14-31-13-20(23(27)29-3)21(25)24(28)30-4/h5-12,15H,13-14H2,1-4H3. The lowest BCUT2D eigenvalue weighted by Crippen LogP contribution is -2.38. The molecule has 1 aliphatic rings. The van der Waals surface area contributed by atoms with Gasteiger partial charge in [-0.25, -0.2) is 14.4 Å². The molecule has 168 valence electrons. The largest absolute Gasteiger partial charge is 0.466 e. The molecule has 0 radical (unpaired) electrons. The molecule has 0 spiro atoms. The van der Waals surface area contributed by atoms with E-state index in [0.29, 0.717) is 11.3 Å². The molecule has 2 aromatic rings. The first kappa shape index (κ1) is 23.0. The molecule has 0 bridgehead atoms. The van der Waals surface area contributed by atoms with Gasteiger partial charge in [0.25, 0.3) is 0 Å². The van der Waals surface area contributed by atoms with Crippen LogP contribution in [-0.4, -0.2) is 51.6 Å². The highest BCUT2D eigenvalue weighted by molar-refractivity contribution is 6.03. The SMILES string of the molecule is COC(=O)C1=C(C(=O)OC)N(c2cccc(-c3cccc(C(=O)OC(C)C)c3)c2)COC1. The molecule has 0 amide bonds. The Morgan fingerprint density at radius 1 is 0.906 bits per heavy atom. The van der Waals surface area contributed by atoms with Crippen LogP contribution in [0.1, 0.15) is 24.2 Å². The zero-order valence-electron chi connectivity index (χ0n) is 18.4. The van der Waals surface area contributed by atoms with E-state index in [1.807, 2.05) is 24.3 Å². The van der Waals surface area contributed by atoms with Crippen molar-refractivity contribution in [2.45, 2.75) is 20.0 Å². The van der Waals surface area contributed by atoms with Crippen LogP contribution in [0.15, 0.2) is 59.8 Å². The third-order valence-electron chi connectivity index (χ3n) is 4.77. The number of hydrogen-bond donors (Lipinski definition) is 0. The first-order valence-electron chi connectivity index (χ1n) is 10.0. The summed E-state index contributed by atoms with van der Waals surface area (Å²) in [6.07, 6.45) is -0.221. The zero-order chi connectivity index (χ0) is 23.3. The molecule has 0 fully saturated rings. The van der Waals surface area contributed by atoms with Crippen molar-refractivity contribution in [3.05, 3.63) is 65.4 Å². The normalized spacial score (nSPS) is 13.7. The Labute approximate surface area is 186 Å². The summed E-state index contributed by atoms with van der Waals surface area (Å²) >= 11 is 0. The molecule has 0 atom stereocenters. The van der Waals surface area contributed by atoms with Crippen LogP contribution in [0.3, 0.4) is 0 Å². The first-order chi connectivity index (χ1) is 15.3. The highest BCUT2D eigenvalue weighted by Crippen LogP contribution is 2.30. The van der Waals surface area contributed by atoms with Crippen molar-refractivity contribution >= 4 is 23.6 Å². The number of rotatable bonds is 6. The Kier molecular flexibility index (Phi) is 7.27. The number of hydrogen-bond acceptors (Lipinski definition) is 8. The van der Waals surface area contributed by atoms with Crippen LogP contribution in [0.4, 0.5) is 5.69 Å². The van der Waals surface area contributed by atoms with E-state index in [2.05, 4.69) is 0 Å². The minimum atomic E-state index is -0.669. The van der Waals surface area contributed by atoms with Gasteiger partial charge < -0.3 is 23.8 Å². The zero-order valence-corrected chi connectivity index (χ0v) is 18.4. The Bertz CT molecular complexity index is 1060. The van der Waals surface area contributed by atoms with Crippen molar-refractivity contribution in [3.63, 3.8) is 0 Å². The second-order valence-electron chi connectivity index (χ2n) is 7.30. The van der Waals surface area contributed by atoms with E-state index in [1.165, 1.54) is 14.2 Å². The number of benzene rings is 2. The Morgan fingerprint density at radius 2 is 1.56 bits per heavy atom. The topological polar surface area (TPSA) is 91.4 Å². The Balaban J connectivity index is 2.01. The molecule has 1 heterocycles. The fraction of sp³-hybridized carbons (Fsp3) is 0.292. The summed E-state index contributed by atoms with van der Waals surface area (Å²) in [6, 6.07) is 14.4. The van der Waals surface area contributed by atoms with Gasteiger partial charge in [0.2, 0.25) is 0 Å². The monoisotopic (exact) mass is 439 g/mol. The van der Waals surface area contributed by atoms with Gasteiger partial charge in [0, 0.05) is 5.69 Å². The van der Waals surface area contributed by atoms with E-state index in [-0.39, 0.29) is 30.7 Å². The molecule has 0 unspecified atom stereocenters. The van der Waals surface area contributed by atoms with Crippen molar-refractivity contribution in [2.24, 2.45) is 0 Å². The van der Waals surface area contributed by atoms with Crippen LogP contribution in [0.25, 0.3) is 11.1 Å². The fourth-order valence-electron chi connectivity index (χ4n) is 3.31. The van der Waals surface area contributed by atoms with E-state index in [0.717, 1.165) is 11.1 Å². The predicted molar refractivity (Wildman–Crippen MR) is 117 cm³/mol. The van der Waals surface area contributed by atoms with Crippen LogP contribution in [0, 0.1) is 0 Å². The number of methoxy groups -OCH3 is 2. The van der Waals surface area contributed by atoms with Crippen LogP contribution in [0.2, 0.25) is 0 Å². The minimum absolute atomic E-state index is 0.0507. The van der Waals surface area contributed by atoms with Crippen molar-refractivity contribution in [2.75, 3.05) is 32.5 Å². The Morgan fingerprint density at radius 3 is 2.22 bits per heavy atom. The van der Waals surface area contributed by atoms with Crippen molar-refractivity contribution < 1.29 is 33.3 Å². The van der Waals surface area contributed by atoms with Crippen LogP contribution < -0.4 is 4.90 Å². The quantitative estimate of drug-likeness (QED) is 0.500. The van der Waals surface area contributed by atoms with E-state index < -0.39 is 17.9 Å². The number of nitrogens with zero attached hydrogens (tertiary/aromatic N) is 1. The van der Waals surface area contributed by atoms with Crippen LogP contribution in [-0.2, 0) is 28.5 Å². The third-order valence-corrected chi connectivity index (χ3v) is 4.77. The van der Waals surface area contributed by atoms with E-state index in [9.17, 15) is 14.4 Å². The predicted octanol–water partition coefficient (Wildman–Crippen LogP) is 3.31. The van der Waals surface area contributed by atoms with Gasteiger partial charge in [-0.15, -0.1) is 0 Å². The average molecular weight is 439 g/mol. The van der Waals surface area contributed by atoms with Gasteiger partial charge in [-0.2, -0.15) is 0 Å². The lowest BCUT2D eigenvalue weighted by Gasteiger charge is -2.31. The molecule has 8 nitrogen and oxygen atoms in total. The molecular formula is C24H25NO7. The molecule has 0 N–H and O–H groups in total. The summed E-state index contributed by atoms with van der Waals surface area (Å²) in [5.41, 5.74) is 2.78. The smallest absolute Gasteiger partial charge is 0.355 e. The summed E-state index contributed by atoms with van der Waals surface area (Å²) in [5, 5.41) is 0. The highest BCUT2D eigenvalue weighted by Gasteiger charge is 2.32. The van der Waals surface area contributed by atoms with Gasteiger partial charge in [-0.1, -0.05) is 24.3 Å². The molecule has 0 aromatic heterocycles. The lowest BCUT2D eigenvalue weighted by atomic mass is 10.0. The second kappa shape index (κ2) is 10.1. The third kappa shape index (κ3) is 4.97. The molecular weight excluding hydrogens is 414 g/mol. The number of ether oxygens (including phenoxy) is 4. The Hall–Kier alpha value is -3.65. The molecule has 0 saturated carbocycles. The van der Waals surface area contributed by atoms with Crippen molar-refractivity contribution in [3.8, 4) is 11.1 Å². The molecule has 2 aromatic carbocycles. The summed E-state index contributed by atoms with van der Waals surface area (Å²) in [6.45, 7) is 3.57. The summed E-state index contributed by atoms with van der Waals surface area (Å²) < 4.78 is 20.5. The van der Waals surface area contributed by atoms with Gasteiger partial charge in [0.05, 0.1) is 38.1 Å². The number of esters is 3. The summed E-state index contributed by atoms with van der Waals surface area (Å²) in [7, 11) is 2.48. The van der Waals surface area contributed by atoms with Gasteiger partial charge in [-0.3, -0.25) is 0 Å². The van der Waals surface area contributed by atoms with Crippen molar-refractivity contribution in [1.29, 1.82) is 0 Å². The average Bonchev–Trinajstić information content (AvgIpc) is 2.82. The molecule has 32 heavy (non-hydrogen) atoms. The lowest BCUT2D eigenvalue weighted by molar-refractivity contribution is -0.140. The molecule has 0 saturated heterocycles. The molecule has 8 heteroatoms. The molecule has 3 rings (SSSR count). The number of anilines is 1. The van der Waals surface area contributed by atoms with Gasteiger partial charge in [0.1, 0.15) is 12.4 Å². The van der Waals surface area contributed by atoms with E-state index in [4.69, 9.17) is 18.9 Å². The highest BCUT2D eigenvalue weighted by atomic mass is 16.5. The van der Waals surface area contributed by atoms with Gasteiger partial charge in [-0.05, 0) is 49.2 Å². The fourth-order valence-corrected chi connectivity index (χ4v) is 3.31. The maximum absolute atomic E-state index is 12.5. The second-order valence-corrected chi connectivity index (χ2v) is 7.30. The molecule has 1 aliphatic heterocycles.